The molecule has 0 unspecified atom stereocenters. The van der Waals surface area contributed by atoms with Crippen LogP contribution in [0.5, 0.6) is 28.7 Å². The van der Waals surface area contributed by atoms with Crippen LogP contribution in [-0.4, -0.2) is 78.2 Å². The van der Waals surface area contributed by atoms with Gasteiger partial charge in [-0.15, -0.1) is 0 Å². The SMILES string of the molecule is O=c1cc(-c2cc(O)c(O)c(O)c2)oc2cc(O)cc(O[C@H]3O[C@H](CO)[C@@H](O)[C@H](O)[C@H]3O)c12. The Morgan fingerprint density at radius 1 is 0.879 bits per heavy atom. The zero-order chi connectivity index (χ0) is 24.0. The maximum Gasteiger partial charge on any atom is 0.229 e. The van der Waals surface area contributed by atoms with E-state index in [-0.39, 0.29) is 28.0 Å². The molecule has 1 fully saturated rings. The molecular weight excluding hydrogens is 444 g/mol. The number of aromatic hydroxyl groups is 4. The summed E-state index contributed by atoms with van der Waals surface area (Å²) in [5.74, 6) is -2.88. The second-order valence-electron chi connectivity index (χ2n) is 7.47. The average molecular weight is 464 g/mol. The van der Waals surface area contributed by atoms with Crippen LogP contribution in [0.2, 0.25) is 0 Å². The van der Waals surface area contributed by atoms with Crippen LogP contribution in [0, 0.1) is 0 Å². The van der Waals surface area contributed by atoms with Gasteiger partial charge in [-0.2, -0.15) is 0 Å². The molecule has 0 bridgehead atoms. The van der Waals surface area contributed by atoms with E-state index in [2.05, 4.69) is 0 Å². The number of ether oxygens (including phenoxy) is 2. The van der Waals surface area contributed by atoms with Crippen molar-refractivity contribution in [3.8, 4) is 40.1 Å². The van der Waals surface area contributed by atoms with E-state index in [1.165, 1.54) is 0 Å². The zero-order valence-corrected chi connectivity index (χ0v) is 16.7. The van der Waals surface area contributed by atoms with Gasteiger partial charge in [0.1, 0.15) is 52.6 Å². The molecule has 0 radical (unpaired) electrons. The predicted octanol–water partition coefficient (Wildman–Crippen LogP) is -0.539. The smallest absolute Gasteiger partial charge is 0.229 e. The van der Waals surface area contributed by atoms with Crippen molar-refractivity contribution in [2.24, 2.45) is 0 Å². The highest BCUT2D eigenvalue weighted by Crippen LogP contribution is 2.40. The van der Waals surface area contributed by atoms with Crippen molar-refractivity contribution in [2.45, 2.75) is 30.7 Å². The van der Waals surface area contributed by atoms with Gasteiger partial charge in [0, 0.05) is 23.8 Å². The second-order valence-corrected chi connectivity index (χ2v) is 7.47. The first-order valence-corrected chi connectivity index (χ1v) is 9.64. The highest BCUT2D eigenvalue weighted by Gasteiger charge is 2.45. The van der Waals surface area contributed by atoms with E-state index in [0.717, 1.165) is 30.3 Å². The fourth-order valence-corrected chi connectivity index (χ4v) is 3.51. The molecule has 1 aliphatic heterocycles. The largest absolute Gasteiger partial charge is 0.508 e. The molecule has 33 heavy (non-hydrogen) atoms. The number of aliphatic hydroxyl groups is 4. The molecule has 0 aliphatic carbocycles. The maximum absolute atomic E-state index is 12.9. The van der Waals surface area contributed by atoms with Gasteiger partial charge in [-0.1, -0.05) is 0 Å². The summed E-state index contributed by atoms with van der Waals surface area (Å²) < 4.78 is 16.4. The molecule has 2 heterocycles. The van der Waals surface area contributed by atoms with Crippen molar-refractivity contribution in [3.05, 3.63) is 40.6 Å². The number of aliphatic hydroxyl groups excluding tert-OH is 4. The zero-order valence-electron chi connectivity index (χ0n) is 16.7. The van der Waals surface area contributed by atoms with Gasteiger partial charge in [0.2, 0.25) is 6.29 Å². The van der Waals surface area contributed by atoms with E-state index in [1.54, 1.807) is 0 Å². The van der Waals surface area contributed by atoms with Crippen LogP contribution in [0.15, 0.2) is 39.5 Å². The van der Waals surface area contributed by atoms with Crippen molar-refractivity contribution in [1.29, 1.82) is 0 Å². The molecule has 1 aliphatic rings. The Labute approximate surface area is 184 Å². The Kier molecular flexibility index (Phi) is 5.78. The molecule has 12 heteroatoms. The lowest BCUT2D eigenvalue weighted by Crippen LogP contribution is -2.60. The molecule has 2 aromatic carbocycles. The van der Waals surface area contributed by atoms with Gasteiger partial charge >= 0.3 is 0 Å². The van der Waals surface area contributed by atoms with E-state index in [9.17, 15) is 45.6 Å². The van der Waals surface area contributed by atoms with Crippen LogP contribution in [0.25, 0.3) is 22.3 Å². The standard InChI is InChI=1S/C21H20O12/c22-6-15-18(28)19(29)20(30)21(33-15)32-14-4-8(23)3-13-16(14)9(24)5-12(31-13)7-1-10(25)17(27)11(26)2-7/h1-5,15,18-23,25-30H,6H2/t15-,18-,19+,20-,21+/m1/s1. The Morgan fingerprint density at radius 2 is 1.55 bits per heavy atom. The van der Waals surface area contributed by atoms with Crippen LogP contribution in [0.1, 0.15) is 0 Å². The summed E-state index contributed by atoms with van der Waals surface area (Å²) in [6.07, 6.45) is -7.96. The van der Waals surface area contributed by atoms with Crippen LogP contribution < -0.4 is 10.2 Å². The van der Waals surface area contributed by atoms with E-state index >= 15 is 0 Å². The number of fused-ring (bicyclic) bond motifs is 1. The van der Waals surface area contributed by atoms with Crippen molar-refractivity contribution in [1.82, 2.24) is 0 Å². The Bertz CT molecular complexity index is 1230. The molecule has 176 valence electrons. The number of hydrogen-bond donors (Lipinski definition) is 8. The summed E-state index contributed by atoms with van der Waals surface area (Å²) in [6, 6.07) is 5.24. The first-order chi connectivity index (χ1) is 15.6. The summed E-state index contributed by atoms with van der Waals surface area (Å²) >= 11 is 0. The second kappa shape index (κ2) is 8.42. The van der Waals surface area contributed by atoms with Gasteiger partial charge in [-0.25, -0.2) is 0 Å². The maximum atomic E-state index is 12.9. The highest BCUT2D eigenvalue weighted by atomic mass is 16.7. The third-order valence-corrected chi connectivity index (χ3v) is 5.23. The molecule has 5 atom stereocenters. The minimum atomic E-state index is -1.76. The lowest BCUT2D eigenvalue weighted by atomic mass is 9.99. The molecule has 0 spiro atoms. The summed E-state index contributed by atoms with van der Waals surface area (Å²) in [7, 11) is 0. The topological polar surface area (TPSA) is 211 Å². The lowest BCUT2D eigenvalue weighted by molar-refractivity contribution is -0.277. The van der Waals surface area contributed by atoms with Gasteiger partial charge in [-0.05, 0) is 12.1 Å². The van der Waals surface area contributed by atoms with Gasteiger partial charge in [0.05, 0.1) is 6.61 Å². The molecule has 1 saturated heterocycles. The predicted molar refractivity (Wildman–Crippen MR) is 109 cm³/mol. The monoisotopic (exact) mass is 464 g/mol. The molecular formula is C21H20O12. The van der Waals surface area contributed by atoms with E-state index in [0.29, 0.717) is 0 Å². The van der Waals surface area contributed by atoms with Gasteiger partial charge < -0.3 is 54.7 Å². The Balaban J connectivity index is 1.77. The van der Waals surface area contributed by atoms with Crippen LogP contribution >= 0.6 is 0 Å². The number of benzene rings is 2. The molecule has 0 amide bonds. The van der Waals surface area contributed by atoms with Crippen molar-refractivity contribution < 1.29 is 54.7 Å². The minimum absolute atomic E-state index is 0.0431. The average Bonchev–Trinajstić information content (AvgIpc) is 2.76. The van der Waals surface area contributed by atoms with Gasteiger partial charge in [0.15, 0.2) is 22.7 Å². The molecule has 1 aromatic heterocycles. The lowest BCUT2D eigenvalue weighted by Gasteiger charge is -2.39. The number of hydrogen-bond acceptors (Lipinski definition) is 12. The number of phenolic OH excluding ortho intramolecular Hbond substituents is 4. The summed E-state index contributed by atoms with van der Waals surface area (Å²) in [5, 5.41) is 78.2. The summed E-state index contributed by atoms with van der Waals surface area (Å²) in [5.41, 5.74) is -0.816. The van der Waals surface area contributed by atoms with Crippen molar-refractivity contribution in [3.63, 3.8) is 0 Å². The molecule has 4 rings (SSSR count). The Hall–Kier alpha value is -3.55. The fourth-order valence-electron chi connectivity index (χ4n) is 3.51. The summed E-state index contributed by atoms with van der Waals surface area (Å²) in [4.78, 5) is 12.9. The third-order valence-electron chi connectivity index (χ3n) is 5.23. The fraction of sp³-hybridized carbons (Fsp3) is 0.286. The molecule has 0 saturated carbocycles. The van der Waals surface area contributed by atoms with Crippen molar-refractivity contribution in [2.75, 3.05) is 6.61 Å². The van der Waals surface area contributed by atoms with Crippen molar-refractivity contribution >= 4 is 11.0 Å². The van der Waals surface area contributed by atoms with E-state index < -0.39 is 65.7 Å². The highest BCUT2D eigenvalue weighted by molar-refractivity contribution is 5.86. The first kappa shape index (κ1) is 22.6. The van der Waals surface area contributed by atoms with E-state index in [4.69, 9.17) is 13.9 Å². The van der Waals surface area contributed by atoms with Gasteiger partial charge in [0.25, 0.3) is 0 Å². The van der Waals surface area contributed by atoms with Crippen LogP contribution in [0.4, 0.5) is 0 Å². The molecule has 8 N–H and O–H groups in total. The van der Waals surface area contributed by atoms with Gasteiger partial charge in [-0.3, -0.25) is 4.79 Å². The minimum Gasteiger partial charge on any atom is -0.508 e. The first-order valence-electron chi connectivity index (χ1n) is 9.64. The summed E-state index contributed by atoms with van der Waals surface area (Å²) in [6.45, 7) is -0.691. The van der Waals surface area contributed by atoms with Crippen LogP contribution in [-0.2, 0) is 4.74 Å². The third kappa shape index (κ3) is 4.01. The van der Waals surface area contributed by atoms with E-state index in [1.807, 2.05) is 0 Å². The quantitative estimate of drug-likeness (QED) is 0.229. The molecule has 3 aromatic rings. The van der Waals surface area contributed by atoms with Crippen LogP contribution in [0.3, 0.4) is 0 Å². The number of rotatable bonds is 4. The Morgan fingerprint density at radius 3 is 2.18 bits per heavy atom. The number of phenols is 4. The molecule has 12 nitrogen and oxygen atoms in total. The normalized spacial score (nSPS) is 25.3.